The van der Waals surface area contributed by atoms with Crippen LogP contribution in [0.15, 0.2) is 48.5 Å². The van der Waals surface area contributed by atoms with E-state index in [-0.39, 0.29) is 16.7 Å². The first kappa shape index (κ1) is 16.4. The first-order valence-corrected chi connectivity index (χ1v) is 7.73. The molecule has 0 aliphatic carbocycles. The fourth-order valence-electron chi connectivity index (χ4n) is 2.60. The van der Waals surface area contributed by atoms with Crippen molar-refractivity contribution in [3.05, 3.63) is 75.9 Å². The quantitative estimate of drug-likeness (QED) is 0.750. The summed E-state index contributed by atoms with van der Waals surface area (Å²) in [6, 6.07) is 17.0. The molecule has 2 N–H and O–H groups in total. The maximum Gasteiger partial charge on any atom is 0.199 e. The molecule has 0 bridgehead atoms. The zero-order valence-electron chi connectivity index (χ0n) is 12.9. The number of nitrogens with zero attached hydrogens (tertiary/aromatic N) is 3. The SMILES string of the molecule is N#Cc1ccc(Cc2c(O)cc(O)n2-c2ccc(C#N)c(Cl)c2)cc1. The van der Waals surface area contributed by atoms with Gasteiger partial charge in [0, 0.05) is 12.5 Å². The predicted molar refractivity (Wildman–Crippen MR) is 92.8 cm³/mol. The number of benzene rings is 2. The van der Waals surface area contributed by atoms with Gasteiger partial charge < -0.3 is 10.2 Å². The third-order valence-corrected chi connectivity index (χ3v) is 4.16. The van der Waals surface area contributed by atoms with E-state index in [0.29, 0.717) is 28.9 Å². The molecule has 1 heterocycles. The van der Waals surface area contributed by atoms with Crippen molar-refractivity contribution in [1.29, 1.82) is 10.5 Å². The topological polar surface area (TPSA) is 93.0 Å². The zero-order chi connectivity index (χ0) is 18.0. The summed E-state index contributed by atoms with van der Waals surface area (Å²) in [6.45, 7) is 0. The van der Waals surface area contributed by atoms with Gasteiger partial charge in [-0.25, -0.2) is 0 Å². The van der Waals surface area contributed by atoms with Crippen LogP contribution in [0.1, 0.15) is 22.4 Å². The number of hydrogen-bond acceptors (Lipinski definition) is 4. The van der Waals surface area contributed by atoms with Gasteiger partial charge >= 0.3 is 0 Å². The molecule has 3 aromatic rings. The van der Waals surface area contributed by atoms with Crippen LogP contribution < -0.4 is 0 Å². The van der Waals surface area contributed by atoms with Crippen LogP contribution in [-0.2, 0) is 6.42 Å². The lowest BCUT2D eigenvalue weighted by Crippen LogP contribution is -2.01. The molecule has 0 unspecified atom stereocenters. The molecule has 5 nitrogen and oxygen atoms in total. The molecule has 2 aromatic carbocycles. The lowest BCUT2D eigenvalue weighted by molar-refractivity contribution is 0.440. The van der Waals surface area contributed by atoms with Crippen molar-refractivity contribution in [3.63, 3.8) is 0 Å². The number of nitriles is 2. The Hall–Kier alpha value is -3.41. The van der Waals surface area contributed by atoms with Gasteiger partial charge in [-0.3, -0.25) is 4.57 Å². The lowest BCUT2D eigenvalue weighted by Gasteiger charge is -2.12. The van der Waals surface area contributed by atoms with Crippen molar-refractivity contribution in [2.24, 2.45) is 0 Å². The van der Waals surface area contributed by atoms with Crippen LogP contribution in [0.5, 0.6) is 11.6 Å². The Kier molecular flexibility index (Phi) is 4.35. The van der Waals surface area contributed by atoms with Crippen LogP contribution in [0.4, 0.5) is 0 Å². The zero-order valence-corrected chi connectivity index (χ0v) is 13.7. The highest BCUT2D eigenvalue weighted by atomic mass is 35.5. The second-order valence-corrected chi connectivity index (χ2v) is 5.84. The predicted octanol–water partition coefficient (Wildman–Crippen LogP) is 3.88. The monoisotopic (exact) mass is 349 g/mol. The Morgan fingerprint density at radius 1 is 0.960 bits per heavy atom. The number of rotatable bonds is 3. The summed E-state index contributed by atoms with van der Waals surface area (Å²) in [6.07, 6.45) is 0.343. The number of hydrogen-bond donors (Lipinski definition) is 2. The van der Waals surface area contributed by atoms with Gasteiger partial charge in [0.05, 0.1) is 33.6 Å². The van der Waals surface area contributed by atoms with Gasteiger partial charge in [0.15, 0.2) is 5.88 Å². The van der Waals surface area contributed by atoms with E-state index in [1.165, 1.54) is 10.6 Å². The van der Waals surface area contributed by atoms with E-state index in [0.717, 1.165) is 5.56 Å². The molecule has 3 rings (SSSR count). The molecule has 0 saturated carbocycles. The van der Waals surface area contributed by atoms with E-state index >= 15 is 0 Å². The van der Waals surface area contributed by atoms with Crippen molar-refractivity contribution in [2.75, 3.05) is 0 Å². The van der Waals surface area contributed by atoms with Gasteiger partial charge in [-0.05, 0) is 35.9 Å². The summed E-state index contributed by atoms with van der Waals surface area (Å²) in [5.41, 5.74) is 2.75. The third kappa shape index (κ3) is 3.14. The Balaban J connectivity index is 2.05. The molecule has 122 valence electrons. The highest BCUT2D eigenvalue weighted by Crippen LogP contribution is 2.33. The van der Waals surface area contributed by atoms with Gasteiger partial charge in [-0.2, -0.15) is 10.5 Å². The highest BCUT2D eigenvalue weighted by Gasteiger charge is 2.17. The highest BCUT2D eigenvalue weighted by molar-refractivity contribution is 6.31. The summed E-state index contributed by atoms with van der Waals surface area (Å²) >= 11 is 6.07. The van der Waals surface area contributed by atoms with E-state index in [4.69, 9.17) is 22.1 Å². The van der Waals surface area contributed by atoms with Crippen molar-refractivity contribution < 1.29 is 10.2 Å². The summed E-state index contributed by atoms with van der Waals surface area (Å²) in [5.74, 6) is -0.190. The molecule has 25 heavy (non-hydrogen) atoms. The normalized spacial score (nSPS) is 10.2. The second kappa shape index (κ2) is 6.60. The van der Waals surface area contributed by atoms with Gasteiger partial charge in [-0.1, -0.05) is 23.7 Å². The van der Waals surface area contributed by atoms with Crippen LogP contribution in [0.2, 0.25) is 5.02 Å². The molecule has 0 spiro atoms. The average Bonchev–Trinajstić information content (AvgIpc) is 2.89. The molecular formula is C19H12ClN3O2. The fourth-order valence-corrected chi connectivity index (χ4v) is 2.82. The molecule has 0 atom stereocenters. The van der Waals surface area contributed by atoms with E-state index in [1.807, 2.05) is 6.07 Å². The second-order valence-electron chi connectivity index (χ2n) is 5.43. The Morgan fingerprint density at radius 3 is 2.28 bits per heavy atom. The molecular weight excluding hydrogens is 338 g/mol. The minimum absolute atomic E-state index is 0.0534. The molecule has 0 radical (unpaired) electrons. The van der Waals surface area contributed by atoms with Crippen molar-refractivity contribution in [1.82, 2.24) is 4.57 Å². The minimum atomic E-state index is -0.137. The van der Waals surface area contributed by atoms with E-state index in [2.05, 4.69) is 6.07 Å². The standard InChI is InChI=1S/C19H12ClN3O2/c20-16-8-15(6-5-14(16)11-22)23-17(18(24)9-19(23)25)7-12-1-3-13(10-21)4-2-12/h1-6,8-9,24-25H,7H2. The lowest BCUT2D eigenvalue weighted by atomic mass is 10.1. The first-order chi connectivity index (χ1) is 12.0. The van der Waals surface area contributed by atoms with Gasteiger partial charge in [0.25, 0.3) is 0 Å². The number of halogens is 1. The molecule has 0 saturated heterocycles. The maximum atomic E-state index is 10.2. The van der Waals surface area contributed by atoms with Crippen molar-refractivity contribution in [2.45, 2.75) is 6.42 Å². The summed E-state index contributed by atoms with van der Waals surface area (Å²) < 4.78 is 1.47. The average molecular weight is 350 g/mol. The molecule has 6 heteroatoms. The molecule has 0 amide bonds. The summed E-state index contributed by atoms with van der Waals surface area (Å²) in [7, 11) is 0. The van der Waals surface area contributed by atoms with Crippen LogP contribution in [0.3, 0.4) is 0 Å². The summed E-state index contributed by atoms with van der Waals surface area (Å²) in [5, 5.41) is 38.5. The van der Waals surface area contributed by atoms with E-state index in [1.54, 1.807) is 42.5 Å². The van der Waals surface area contributed by atoms with Gasteiger partial charge in [0.2, 0.25) is 0 Å². The van der Waals surface area contributed by atoms with Crippen LogP contribution in [-0.4, -0.2) is 14.8 Å². The van der Waals surface area contributed by atoms with Crippen molar-refractivity contribution in [3.8, 4) is 29.5 Å². The van der Waals surface area contributed by atoms with Gasteiger partial charge in [-0.15, -0.1) is 0 Å². The maximum absolute atomic E-state index is 10.2. The number of aromatic nitrogens is 1. The molecule has 0 aliphatic rings. The molecule has 1 aromatic heterocycles. The van der Waals surface area contributed by atoms with E-state index in [9.17, 15) is 10.2 Å². The van der Waals surface area contributed by atoms with Crippen LogP contribution >= 0.6 is 11.6 Å². The largest absolute Gasteiger partial charge is 0.506 e. The summed E-state index contributed by atoms with van der Waals surface area (Å²) in [4.78, 5) is 0. The molecule has 0 fully saturated rings. The first-order valence-electron chi connectivity index (χ1n) is 7.35. The Bertz CT molecular complexity index is 1020. The minimum Gasteiger partial charge on any atom is -0.506 e. The van der Waals surface area contributed by atoms with Crippen molar-refractivity contribution >= 4 is 11.6 Å². The Labute approximate surface area is 149 Å². The van der Waals surface area contributed by atoms with E-state index < -0.39 is 0 Å². The van der Waals surface area contributed by atoms with Crippen LogP contribution in [0, 0.1) is 22.7 Å². The van der Waals surface area contributed by atoms with Crippen LogP contribution in [0.25, 0.3) is 5.69 Å². The molecule has 0 aliphatic heterocycles. The number of aromatic hydroxyl groups is 2. The smallest absolute Gasteiger partial charge is 0.199 e. The fraction of sp³-hybridized carbons (Fsp3) is 0.0526. The van der Waals surface area contributed by atoms with Gasteiger partial charge in [0.1, 0.15) is 11.8 Å². The Morgan fingerprint density at radius 2 is 1.68 bits per heavy atom. The third-order valence-electron chi connectivity index (χ3n) is 3.85.